The molecule has 130 valence electrons. The second kappa shape index (κ2) is 7.13. The number of benzene rings is 1. The lowest BCUT2D eigenvalue weighted by atomic mass is 10.0. The van der Waals surface area contributed by atoms with Crippen LogP contribution in [0.4, 0.5) is 0 Å². The predicted octanol–water partition coefficient (Wildman–Crippen LogP) is 2.42. The van der Waals surface area contributed by atoms with Gasteiger partial charge in [-0.1, -0.05) is 19.1 Å². The fourth-order valence-electron chi connectivity index (χ4n) is 2.53. The first-order valence-electron chi connectivity index (χ1n) is 8.03. The van der Waals surface area contributed by atoms with Crippen LogP contribution in [-0.2, 0) is 14.3 Å². The van der Waals surface area contributed by atoms with Crippen molar-refractivity contribution < 1.29 is 23.9 Å². The molecule has 0 aromatic heterocycles. The maximum absolute atomic E-state index is 12.5. The number of carbonyl (C=O) groups excluding carboxylic acids is 3. The summed E-state index contributed by atoms with van der Waals surface area (Å²) in [5.74, 6) is -1.14. The van der Waals surface area contributed by atoms with Gasteiger partial charge in [-0.05, 0) is 39.3 Å². The van der Waals surface area contributed by atoms with Crippen molar-refractivity contribution in [3.63, 3.8) is 0 Å². The number of ether oxygens (including phenoxy) is 2. The first-order valence-corrected chi connectivity index (χ1v) is 8.03. The highest BCUT2D eigenvalue weighted by Crippen LogP contribution is 2.29. The predicted molar refractivity (Wildman–Crippen MR) is 87.7 cm³/mol. The minimum Gasteiger partial charge on any atom is -0.461 e. The molecule has 1 unspecified atom stereocenters. The zero-order valence-electron chi connectivity index (χ0n) is 14.5. The highest BCUT2D eigenvalue weighted by molar-refractivity contribution is 6.21. The Hall–Kier alpha value is -2.21. The molecule has 24 heavy (non-hydrogen) atoms. The Labute approximate surface area is 141 Å². The van der Waals surface area contributed by atoms with Crippen molar-refractivity contribution in [1.82, 2.24) is 4.90 Å². The van der Waals surface area contributed by atoms with Crippen molar-refractivity contribution >= 4 is 17.8 Å². The van der Waals surface area contributed by atoms with E-state index < -0.39 is 11.5 Å². The van der Waals surface area contributed by atoms with E-state index in [1.54, 1.807) is 45.0 Å². The Kier molecular flexibility index (Phi) is 5.39. The molecule has 0 aliphatic carbocycles. The molecule has 1 aromatic carbocycles. The van der Waals surface area contributed by atoms with Crippen LogP contribution in [0.25, 0.3) is 0 Å². The molecular weight excluding hydrogens is 310 g/mol. The summed E-state index contributed by atoms with van der Waals surface area (Å²) >= 11 is 0. The molecule has 2 rings (SSSR count). The van der Waals surface area contributed by atoms with E-state index >= 15 is 0 Å². The molecule has 0 bridgehead atoms. The molecule has 0 radical (unpaired) electrons. The van der Waals surface area contributed by atoms with Crippen LogP contribution in [0.15, 0.2) is 24.3 Å². The van der Waals surface area contributed by atoms with E-state index in [1.165, 1.54) is 4.90 Å². The second-order valence-corrected chi connectivity index (χ2v) is 6.51. The molecule has 1 aromatic rings. The van der Waals surface area contributed by atoms with Gasteiger partial charge in [0.25, 0.3) is 11.8 Å². The first-order chi connectivity index (χ1) is 11.3. The number of hydrogen-bond donors (Lipinski definition) is 0. The number of rotatable bonds is 7. The summed E-state index contributed by atoms with van der Waals surface area (Å²) < 4.78 is 10.5. The van der Waals surface area contributed by atoms with Gasteiger partial charge in [0, 0.05) is 0 Å². The molecule has 1 atom stereocenters. The van der Waals surface area contributed by atoms with E-state index in [0.29, 0.717) is 11.1 Å². The summed E-state index contributed by atoms with van der Waals surface area (Å²) in [7, 11) is 0. The average molecular weight is 333 g/mol. The Morgan fingerprint density at radius 3 is 2.21 bits per heavy atom. The molecule has 0 fully saturated rings. The summed E-state index contributed by atoms with van der Waals surface area (Å²) in [5.41, 5.74) is -0.0809. The number of carbonyl (C=O) groups is 3. The topological polar surface area (TPSA) is 72.9 Å². The van der Waals surface area contributed by atoms with Crippen LogP contribution in [0.1, 0.15) is 54.8 Å². The quantitative estimate of drug-likeness (QED) is 0.566. The van der Waals surface area contributed by atoms with Crippen LogP contribution in [0.5, 0.6) is 0 Å². The maximum atomic E-state index is 12.5. The lowest BCUT2D eigenvalue weighted by Gasteiger charge is -2.33. The maximum Gasteiger partial charge on any atom is 0.332 e. The van der Waals surface area contributed by atoms with E-state index in [2.05, 4.69) is 0 Å². The lowest BCUT2D eigenvalue weighted by Crippen LogP contribution is -2.50. The Balaban J connectivity index is 1.98. The van der Waals surface area contributed by atoms with Gasteiger partial charge in [-0.25, -0.2) is 4.79 Å². The van der Waals surface area contributed by atoms with Crippen molar-refractivity contribution in [3.05, 3.63) is 35.4 Å². The number of imide groups is 1. The third-order valence-corrected chi connectivity index (χ3v) is 3.98. The third kappa shape index (κ3) is 3.64. The molecule has 0 N–H and O–H groups in total. The minimum atomic E-state index is -0.871. The van der Waals surface area contributed by atoms with Gasteiger partial charge in [0.15, 0.2) is 0 Å². The third-order valence-electron chi connectivity index (χ3n) is 3.98. The smallest absolute Gasteiger partial charge is 0.332 e. The average Bonchev–Trinajstić information content (AvgIpc) is 2.79. The largest absolute Gasteiger partial charge is 0.461 e. The number of amides is 2. The van der Waals surface area contributed by atoms with Crippen LogP contribution in [0, 0.1) is 0 Å². The second-order valence-electron chi connectivity index (χ2n) is 6.51. The molecule has 0 spiro atoms. The molecular formula is C18H23NO5. The van der Waals surface area contributed by atoms with Gasteiger partial charge in [-0.3, -0.25) is 14.5 Å². The fraction of sp³-hybridized carbons (Fsp3) is 0.500. The van der Waals surface area contributed by atoms with Crippen molar-refractivity contribution in [1.29, 1.82) is 0 Å². The van der Waals surface area contributed by atoms with Gasteiger partial charge < -0.3 is 9.47 Å². The van der Waals surface area contributed by atoms with Gasteiger partial charge in [-0.15, -0.1) is 0 Å². The molecule has 0 saturated heterocycles. The molecule has 0 saturated carbocycles. The van der Waals surface area contributed by atoms with Crippen molar-refractivity contribution in [2.24, 2.45) is 0 Å². The van der Waals surface area contributed by atoms with Gasteiger partial charge in [0.2, 0.25) is 0 Å². The van der Waals surface area contributed by atoms with Gasteiger partial charge in [0.05, 0.1) is 29.4 Å². The van der Waals surface area contributed by atoms with Gasteiger partial charge in [0.1, 0.15) is 6.61 Å². The number of fused-ring (bicyclic) bond motifs is 1. The summed E-state index contributed by atoms with van der Waals surface area (Å²) in [6, 6.07) is 6.72. The van der Waals surface area contributed by atoms with Crippen LogP contribution in [0.3, 0.4) is 0 Å². The van der Waals surface area contributed by atoms with Crippen LogP contribution < -0.4 is 0 Å². The van der Waals surface area contributed by atoms with Crippen molar-refractivity contribution in [3.8, 4) is 0 Å². The van der Waals surface area contributed by atoms with E-state index in [0.717, 1.165) is 6.42 Å². The SMILES string of the molecule is CCC(C)OC(=O)COCC(C)(C)N1C(=O)c2ccccc2C1=O. The lowest BCUT2D eigenvalue weighted by molar-refractivity contribution is -0.154. The Morgan fingerprint density at radius 2 is 1.71 bits per heavy atom. The highest BCUT2D eigenvalue weighted by Gasteiger charge is 2.44. The van der Waals surface area contributed by atoms with Crippen LogP contribution in [0.2, 0.25) is 0 Å². The Morgan fingerprint density at radius 1 is 1.17 bits per heavy atom. The summed E-state index contributed by atoms with van der Waals surface area (Å²) in [5, 5.41) is 0. The van der Waals surface area contributed by atoms with Crippen molar-refractivity contribution in [2.75, 3.05) is 13.2 Å². The first kappa shape index (κ1) is 18.1. The van der Waals surface area contributed by atoms with E-state index in [-0.39, 0.29) is 31.1 Å². The van der Waals surface area contributed by atoms with Crippen LogP contribution in [-0.4, -0.2) is 47.5 Å². The molecule has 6 heteroatoms. The van der Waals surface area contributed by atoms with E-state index in [1.807, 2.05) is 6.92 Å². The number of nitrogens with zero attached hydrogens (tertiary/aromatic N) is 1. The van der Waals surface area contributed by atoms with Crippen molar-refractivity contribution in [2.45, 2.75) is 45.8 Å². The molecule has 1 aliphatic heterocycles. The fourth-order valence-corrected chi connectivity index (χ4v) is 2.53. The molecule has 2 amide bonds. The highest BCUT2D eigenvalue weighted by atomic mass is 16.6. The standard InChI is InChI=1S/C18H23NO5/c1-5-12(2)24-15(20)10-23-11-18(3,4)19-16(21)13-8-6-7-9-14(13)17(19)22/h6-9,12H,5,10-11H2,1-4H3. The molecule has 6 nitrogen and oxygen atoms in total. The molecule has 1 heterocycles. The minimum absolute atomic E-state index is 0.0497. The number of esters is 1. The van der Waals surface area contributed by atoms with E-state index in [9.17, 15) is 14.4 Å². The molecule has 1 aliphatic rings. The van der Waals surface area contributed by atoms with Crippen LogP contribution >= 0.6 is 0 Å². The van der Waals surface area contributed by atoms with E-state index in [4.69, 9.17) is 9.47 Å². The van der Waals surface area contributed by atoms with Gasteiger partial charge in [-0.2, -0.15) is 0 Å². The summed E-state index contributed by atoms with van der Waals surface area (Å²) in [6.07, 6.45) is 0.567. The zero-order chi connectivity index (χ0) is 17.9. The van der Waals surface area contributed by atoms with Gasteiger partial charge >= 0.3 is 5.97 Å². The Bertz CT molecular complexity index is 618. The normalized spacial score (nSPS) is 15.4. The summed E-state index contributed by atoms with van der Waals surface area (Å²) in [4.78, 5) is 37.8. The zero-order valence-corrected chi connectivity index (χ0v) is 14.5. The monoisotopic (exact) mass is 333 g/mol. The summed E-state index contributed by atoms with van der Waals surface area (Å²) in [6.45, 7) is 7.03. The number of hydrogen-bond acceptors (Lipinski definition) is 5.